The van der Waals surface area contributed by atoms with Crippen LogP contribution in [0.15, 0.2) is 35.0 Å². The van der Waals surface area contributed by atoms with Crippen molar-refractivity contribution in [3.63, 3.8) is 0 Å². The molecule has 4 heterocycles. The molecular formula is C21H20ClFN4O2. The molecule has 2 atom stereocenters. The molecule has 5 rings (SSSR count). The normalized spacial score (nSPS) is 20.0. The molecule has 3 aromatic heterocycles. The summed E-state index contributed by atoms with van der Waals surface area (Å²) in [4.78, 5) is 9.41. The highest BCUT2D eigenvalue weighted by molar-refractivity contribution is 6.31. The fourth-order valence-corrected chi connectivity index (χ4v) is 4.36. The number of hydrogen-bond acceptors (Lipinski definition) is 5. The Morgan fingerprint density at radius 3 is 2.97 bits per heavy atom. The Hall–Kier alpha value is -2.51. The molecule has 1 aromatic carbocycles. The van der Waals surface area contributed by atoms with Gasteiger partial charge in [-0.1, -0.05) is 16.8 Å². The molecule has 1 saturated heterocycles. The van der Waals surface area contributed by atoms with Gasteiger partial charge in [0.2, 0.25) is 0 Å². The van der Waals surface area contributed by atoms with E-state index in [1.54, 1.807) is 12.3 Å². The lowest BCUT2D eigenvalue weighted by Crippen LogP contribution is -2.26. The minimum absolute atomic E-state index is 0.168. The van der Waals surface area contributed by atoms with Crippen LogP contribution in [-0.2, 0) is 17.8 Å². The number of nitrogens with zero attached hydrogens (tertiary/aromatic N) is 4. The van der Waals surface area contributed by atoms with Crippen molar-refractivity contribution in [2.75, 3.05) is 6.61 Å². The summed E-state index contributed by atoms with van der Waals surface area (Å²) in [6, 6.07) is 7.58. The first-order chi connectivity index (χ1) is 14.1. The molecule has 1 fully saturated rings. The summed E-state index contributed by atoms with van der Waals surface area (Å²) in [7, 11) is 0. The van der Waals surface area contributed by atoms with Gasteiger partial charge in [-0.3, -0.25) is 4.98 Å². The molecule has 1 aliphatic heterocycles. The van der Waals surface area contributed by atoms with Gasteiger partial charge in [0, 0.05) is 29.1 Å². The predicted molar refractivity (Wildman–Crippen MR) is 108 cm³/mol. The van der Waals surface area contributed by atoms with Crippen molar-refractivity contribution in [3.05, 3.63) is 52.8 Å². The van der Waals surface area contributed by atoms with E-state index in [4.69, 9.17) is 25.8 Å². The second kappa shape index (κ2) is 7.39. The number of alkyl halides is 1. The lowest BCUT2D eigenvalue weighted by molar-refractivity contribution is 0.00630. The van der Waals surface area contributed by atoms with Crippen LogP contribution < -0.4 is 0 Å². The van der Waals surface area contributed by atoms with Gasteiger partial charge < -0.3 is 13.8 Å². The summed E-state index contributed by atoms with van der Waals surface area (Å²) in [5, 5.41) is 5.63. The molecular weight excluding hydrogens is 395 g/mol. The summed E-state index contributed by atoms with van der Waals surface area (Å²) < 4.78 is 26.0. The van der Waals surface area contributed by atoms with E-state index >= 15 is 0 Å². The SMILES string of the molecule is C[C@@H]1CC(n2c(Cc3cc(CF)on3)nc3cnc4ccc(Cl)cc4c32)CCO1. The molecule has 0 spiro atoms. The number of fused-ring (bicyclic) bond motifs is 3. The molecule has 6 nitrogen and oxygen atoms in total. The van der Waals surface area contributed by atoms with Gasteiger partial charge in [0.1, 0.15) is 18.0 Å². The Bertz CT molecular complexity index is 1190. The van der Waals surface area contributed by atoms with Gasteiger partial charge in [0.25, 0.3) is 0 Å². The largest absolute Gasteiger partial charge is 0.378 e. The van der Waals surface area contributed by atoms with Crippen LogP contribution in [0.4, 0.5) is 4.39 Å². The van der Waals surface area contributed by atoms with E-state index in [0.29, 0.717) is 23.7 Å². The molecule has 8 heteroatoms. The number of imidazole rings is 1. The number of rotatable bonds is 4. The maximum absolute atomic E-state index is 12.9. The number of halogens is 2. The summed E-state index contributed by atoms with van der Waals surface area (Å²) in [5.41, 5.74) is 3.35. The Labute approximate surface area is 171 Å². The van der Waals surface area contributed by atoms with Gasteiger partial charge in [-0.05, 0) is 38.0 Å². The number of pyridine rings is 1. The van der Waals surface area contributed by atoms with Crippen LogP contribution >= 0.6 is 11.6 Å². The Kier molecular flexibility index (Phi) is 4.72. The molecule has 1 aliphatic rings. The van der Waals surface area contributed by atoms with Gasteiger partial charge in [-0.15, -0.1) is 0 Å². The van der Waals surface area contributed by atoms with Gasteiger partial charge in [-0.25, -0.2) is 9.37 Å². The van der Waals surface area contributed by atoms with Crippen LogP contribution in [0.5, 0.6) is 0 Å². The molecule has 0 N–H and O–H groups in total. The minimum Gasteiger partial charge on any atom is -0.378 e. The van der Waals surface area contributed by atoms with Crippen molar-refractivity contribution in [1.29, 1.82) is 0 Å². The number of hydrogen-bond donors (Lipinski definition) is 0. The Balaban J connectivity index is 1.71. The highest BCUT2D eigenvalue weighted by Gasteiger charge is 2.26. The predicted octanol–water partition coefficient (Wildman–Crippen LogP) is 5.03. The lowest BCUT2D eigenvalue weighted by atomic mass is 10.0. The smallest absolute Gasteiger partial charge is 0.167 e. The van der Waals surface area contributed by atoms with Crippen molar-refractivity contribution in [3.8, 4) is 0 Å². The van der Waals surface area contributed by atoms with E-state index in [1.165, 1.54) is 0 Å². The number of benzene rings is 1. The second-order valence-electron chi connectivity index (χ2n) is 7.51. The van der Waals surface area contributed by atoms with Crippen LogP contribution in [0.1, 0.15) is 43.1 Å². The summed E-state index contributed by atoms with van der Waals surface area (Å²) in [6.07, 6.45) is 4.19. The zero-order chi connectivity index (χ0) is 20.0. The van der Waals surface area contributed by atoms with Crippen LogP contribution in [0.3, 0.4) is 0 Å². The third-order valence-electron chi connectivity index (χ3n) is 5.45. The standard InChI is InChI=1S/C21H20ClFN4O2/c1-12-6-15(4-5-28-12)27-20(9-14-8-16(10-23)29-26-14)25-19-11-24-18-3-2-13(22)7-17(18)21(19)27/h2-3,7-8,11-12,15H,4-6,9-10H2,1H3/t12-,15?/m1/s1. The Morgan fingerprint density at radius 2 is 2.17 bits per heavy atom. The van der Waals surface area contributed by atoms with Crippen LogP contribution in [0, 0.1) is 0 Å². The second-order valence-corrected chi connectivity index (χ2v) is 7.94. The molecule has 0 amide bonds. The van der Waals surface area contributed by atoms with E-state index in [0.717, 1.165) is 40.6 Å². The third-order valence-corrected chi connectivity index (χ3v) is 5.69. The van der Waals surface area contributed by atoms with Crippen molar-refractivity contribution in [1.82, 2.24) is 19.7 Å². The van der Waals surface area contributed by atoms with Crippen LogP contribution in [-0.4, -0.2) is 32.4 Å². The van der Waals surface area contributed by atoms with E-state index in [-0.39, 0.29) is 17.9 Å². The highest BCUT2D eigenvalue weighted by atomic mass is 35.5. The van der Waals surface area contributed by atoms with Gasteiger partial charge in [0.05, 0.1) is 35.4 Å². The quantitative estimate of drug-likeness (QED) is 0.468. The summed E-state index contributed by atoms with van der Waals surface area (Å²) >= 11 is 6.30. The van der Waals surface area contributed by atoms with E-state index < -0.39 is 6.67 Å². The zero-order valence-corrected chi connectivity index (χ0v) is 16.7. The first-order valence-electron chi connectivity index (χ1n) is 9.69. The average molecular weight is 415 g/mol. The lowest BCUT2D eigenvalue weighted by Gasteiger charge is -2.30. The molecule has 29 heavy (non-hydrogen) atoms. The summed E-state index contributed by atoms with van der Waals surface area (Å²) in [5.74, 6) is 1.08. The molecule has 4 aromatic rings. The van der Waals surface area contributed by atoms with Crippen molar-refractivity contribution in [2.45, 2.75) is 45.0 Å². The van der Waals surface area contributed by atoms with Crippen molar-refractivity contribution >= 4 is 33.5 Å². The topological polar surface area (TPSA) is 66.0 Å². The minimum atomic E-state index is -0.673. The van der Waals surface area contributed by atoms with Crippen molar-refractivity contribution < 1.29 is 13.7 Å². The first kappa shape index (κ1) is 18.5. The van der Waals surface area contributed by atoms with Gasteiger partial charge in [0.15, 0.2) is 5.76 Å². The number of ether oxygens (including phenoxy) is 1. The van der Waals surface area contributed by atoms with E-state index in [1.807, 2.05) is 18.2 Å². The maximum Gasteiger partial charge on any atom is 0.167 e. The first-order valence-corrected chi connectivity index (χ1v) is 10.1. The molecule has 0 bridgehead atoms. The maximum atomic E-state index is 12.9. The third kappa shape index (κ3) is 3.38. The van der Waals surface area contributed by atoms with E-state index in [2.05, 4.69) is 21.6 Å². The van der Waals surface area contributed by atoms with Gasteiger partial charge in [-0.2, -0.15) is 0 Å². The molecule has 0 saturated carbocycles. The van der Waals surface area contributed by atoms with Gasteiger partial charge >= 0.3 is 0 Å². The monoisotopic (exact) mass is 414 g/mol. The molecule has 1 unspecified atom stereocenters. The Morgan fingerprint density at radius 1 is 1.28 bits per heavy atom. The fourth-order valence-electron chi connectivity index (χ4n) is 4.19. The fraction of sp³-hybridized carbons (Fsp3) is 0.381. The van der Waals surface area contributed by atoms with E-state index in [9.17, 15) is 4.39 Å². The summed E-state index contributed by atoms with van der Waals surface area (Å²) in [6.45, 7) is 2.12. The highest BCUT2D eigenvalue weighted by Crippen LogP contribution is 2.34. The molecule has 0 aliphatic carbocycles. The van der Waals surface area contributed by atoms with Crippen molar-refractivity contribution in [2.24, 2.45) is 0 Å². The zero-order valence-electron chi connectivity index (χ0n) is 15.9. The molecule has 0 radical (unpaired) electrons. The molecule has 150 valence electrons. The van der Waals surface area contributed by atoms with Crippen LogP contribution in [0.2, 0.25) is 5.02 Å². The number of aromatic nitrogens is 4. The van der Waals surface area contributed by atoms with Crippen LogP contribution in [0.25, 0.3) is 21.9 Å². The average Bonchev–Trinajstić information content (AvgIpc) is 3.32.